The third-order valence-electron chi connectivity index (χ3n) is 9.38. The molecule has 239 valence electrons. The molecule has 1 N–H and O–H groups in total. The summed E-state index contributed by atoms with van der Waals surface area (Å²) in [7, 11) is -1.57. The molecule has 6 heteroatoms. The summed E-state index contributed by atoms with van der Waals surface area (Å²) in [5, 5.41) is 13.6. The van der Waals surface area contributed by atoms with E-state index in [4.69, 9.17) is 9.40 Å². The van der Waals surface area contributed by atoms with Gasteiger partial charge in [-0.1, -0.05) is 103 Å². The third kappa shape index (κ3) is 6.54. The SMILES string of the molecule is CCC(CC)C(=O)/C=C(\O)C(CC)CC.Cc1cnc2c(c1)C(C)(C)c1ccc([Si](C)(C)C)c3oc4c(C)c[c-]c-2c4c13.[Ir]. The quantitative estimate of drug-likeness (QED) is 0.0836. The number of aromatic nitrogens is 1. The number of nitrogens with zero attached hydrogens (tertiary/aromatic N) is 1. The van der Waals surface area contributed by atoms with Crippen LogP contribution >= 0.6 is 0 Å². The van der Waals surface area contributed by atoms with Crippen LogP contribution in [0.1, 0.15) is 89.5 Å². The summed E-state index contributed by atoms with van der Waals surface area (Å²) in [5.41, 5.74) is 8.94. The third-order valence-corrected chi connectivity index (χ3v) is 11.4. The van der Waals surface area contributed by atoms with E-state index in [9.17, 15) is 9.90 Å². The van der Waals surface area contributed by atoms with Crippen LogP contribution in [0.25, 0.3) is 33.2 Å². The molecule has 2 aromatic carbocycles. The number of aliphatic hydroxyl groups excluding tert-OH is 1. The smallest absolute Gasteiger partial charge is 0.162 e. The van der Waals surface area contributed by atoms with Crippen molar-refractivity contribution < 1.29 is 34.4 Å². The Labute approximate surface area is 279 Å². The van der Waals surface area contributed by atoms with Gasteiger partial charge < -0.3 is 14.5 Å². The van der Waals surface area contributed by atoms with Crippen molar-refractivity contribution in [1.82, 2.24) is 4.98 Å². The summed E-state index contributed by atoms with van der Waals surface area (Å²) in [6.45, 7) is 24.1. The van der Waals surface area contributed by atoms with Gasteiger partial charge in [0.25, 0.3) is 0 Å². The summed E-state index contributed by atoms with van der Waals surface area (Å²) in [6.07, 6.45) is 6.87. The Hall–Kier alpha value is -2.53. The fourth-order valence-corrected chi connectivity index (χ4v) is 7.95. The number of pyridine rings is 1. The Balaban J connectivity index is 0.000000286. The van der Waals surface area contributed by atoms with Gasteiger partial charge in [-0.25, -0.2) is 0 Å². The predicted molar refractivity (Wildman–Crippen MR) is 184 cm³/mol. The van der Waals surface area contributed by atoms with Crippen molar-refractivity contribution in [2.75, 3.05) is 0 Å². The van der Waals surface area contributed by atoms with E-state index in [0.717, 1.165) is 53.7 Å². The number of carbonyl (C=O) groups excluding carboxylic acids is 1. The molecule has 0 unspecified atom stereocenters. The zero-order valence-electron chi connectivity index (χ0n) is 28.5. The molecule has 0 amide bonds. The Morgan fingerprint density at radius 1 is 0.977 bits per heavy atom. The number of aryl methyl sites for hydroxylation is 2. The number of benzene rings is 2. The van der Waals surface area contributed by atoms with Gasteiger partial charge in [0.2, 0.25) is 0 Å². The van der Waals surface area contributed by atoms with Crippen molar-refractivity contribution >= 4 is 41.0 Å². The molecule has 0 aliphatic heterocycles. The molecule has 44 heavy (non-hydrogen) atoms. The fraction of sp³-hybridized carbons (Fsp3) is 0.474. The van der Waals surface area contributed by atoms with Crippen LogP contribution in [0.15, 0.2) is 46.7 Å². The number of allylic oxidation sites excluding steroid dienone is 2. The number of ketones is 1. The number of aliphatic hydroxyl groups is 1. The van der Waals surface area contributed by atoms with E-state index in [1.165, 1.54) is 38.7 Å². The molecule has 2 heterocycles. The first kappa shape index (κ1) is 35.9. The molecule has 0 atom stereocenters. The van der Waals surface area contributed by atoms with Gasteiger partial charge in [-0.3, -0.25) is 4.79 Å². The van der Waals surface area contributed by atoms with E-state index in [2.05, 4.69) is 77.7 Å². The monoisotopic (exact) mass is 789 g/mol. The fourth-order valence-electron chi connectivity index (χ4n) is 6.51. The van der Waals surface area contributed by atoms with Crippen LogP contribution in [0.3, 0.4) is 0 Å². The van der Waals surface area contributed by atoms with Crippen LogP contribution in [0.2, 0.25) is 19.6 Å². The molecule has 0 bridgehead atoms. The van der Waals surface area contributed by atoms with Crippen LogP contribution in [0, 0.1) is 31.7 Å². The number of rotatable bonds is 8. The number of furan rings is 1. The minimum atomic E-state index is -1.57. The molecule has 5 rings (SSSR count). The largest absolute Gasteiger partial charge is 0.512 e. The van der Waals surface area contributed by atoms with Crippen LogP contribution in [-0.4, -0.2) is 23.9 Å². The number of fused-ring (bicyclic) bond motifs is 2. The van der Waals surface area contributed by atoms with E-state index in [-0.39, 0.29) is 48.9 Å². The van der Waals surface area contributed by atoms with E-state index in [1.54, 1.807) is 0 Å². The molecule has 0 saturated heterocycles. The molecule has 4 aromatic rings. The van der Waals surface area contributed by atoms with Crippen molar-refractivity contribution in [3.63, 3.8) is 0 Å². The molecule has 1 aliphatic rings. The van der Waals surface area contributed by atoms with E-state index >= 15 is 0 Å². The average Bonchev–Trinajstić information content (AvgIpc) is 3.32. The maximum atomic E-state index is 11.7. The Kier molecular flexibility index (Phi) is 11.3. The first-order valence-corrected chi connectivity index (χ1v) is 19.5. The van der Waals surface area contributed by atoms with Gasteiger partial charge in [0, 0.05) is 49.6 Å². The van der Waals surface area contributed by atoms with E-state index in [0.29, 0.717) is 0 Å². The summed E-state index contributed by atoms with van der Waals surface area (Å²) in [4.78, 5) is 16.6. The van der Waals surface area contributed by atoms with Gasteiger partial charge in [-0.2, -0.15) is 0 Å². The minimum absolute atomic E-state index is 0. The van der Waals surface area contributed by atoms with E-state index in [1.807, 2.05) is 33.9 Å². The van der Waals surface area contributed by atoms with Gasteiger partial charge in [0.05, 0.1) is 19.4 Å². The zero-order chi connectivity index (χ0) is 31.9. The first-order valence-electron chi connectivity index (χ1n) is 16.0. The van der Waals surface area contributed by atoms with Gasteiger partial charge in [0.15, 0.2) is 5.78 Å². The van der Waals surface area contributed by atoms with E-state index < -0.39 is 8.07 Å². The topological polar surface area (TPSA) is 63.3 Å². The van der Waals surface area contributed by atoms with Gasteiger partial charge >= 0.3 is 0 Å². The average molecular weight is 789 g/mol. The summed E-state index contributed by atoms with van der Waals surface area (Å²) in [6, 6.07) is 12.6. The first-order chi connectivity index (χ1) is 20.2. The van der Waals surface area contributed by atoms with Crippen LogP contribution in [0.4, 0.5) is 0 Å². The predicted octanol–water partition coefficient (Wildman–Crippen LogP) is 10.1. The van der Waals surface area contributed by atoms with Crippen molar-refractivity contribution in [2.24, 2.45) is 11.8 Å². The molecule has 2 aromatic heterocycles. The van der Waals surface area contributed by atoms with Gasteiger partial charge in [-0.05, 0) is 60.0 Å². The maximum absolute atomic E-state index is 11.7. The van der Waals surface area contributed by atoms with Crippen molar-refractivity contribution in [3.05, 3.63) is 70.6 Å². The molecule has 0 saturated carbocycles. The van der Waals surface area contributed by atoms with Crippen molar-refractivity contribution in [3.8, 4) is 11.3 Å². The van der Waals surface area contributed by atoms with Crippen molar-refractivity contribution in [1.29, 1.82) is 0 Å². The van der Waals surface area contributed by atoms with Crippen LogP contribution in [-0.2, 0) is 30.3 Å². The van der Waals surface area contributed by atoms with Gasteiger partial charge in [-0.15, -0.1) is 17.7 Å². The van der Waals surface area contributed by atoms with Gasteiger partial charge in [0.1, 0.15) is 5.58 Å². The summed E-state index contributed by atoms with van der Waals surface area (Å²) < 4.78 is 6.62. The van der Waals surface area contributed by atoms with Crippen LogP contribution in [0.5, 0.6) is 0 Å². The Morgan fingerprint density at radius 3 is 2.16 bits per heavy atom. The Morgan fingerprint density at radius 2 is 1.59 bits per heavy atom. The molecular formula is C38H50IrNO3Si-. The molecular weight excluding hydrogens is 739 g/mol. The van der Waals surface area contributed by atoms with Crippen LogP contribution < -0.4 is 5.19 Å². The molecule has 0 spiro atoms. The van der Waals surface area contributed by atoms with Crippen molar-refractivity contribution in [2.45, 2.75) is 106 Å². The number of carbonyl (C=O) groups is 1. The Bertz CT molecular complexity index is 1680. The number of hydrogen-bond acceptors (Lipinski definition) is 4. The summed E-state index contributed by atoms with van der Waals surface area (Å²) >= 11 is 0. The summed E-state index contributed by atoms with van der Waals surface area (Å²) in [5.74, 6) is 0.547. The molecule has 1 radical (unpaired) electrons. The standard InChI is InChI=1S/C25H26NOSi.C13H24O2.Ir/c1-14-12-18-22(26-13-14)16-9-8-15(2)23-20(16)21-17(25(18,3)4)10-11-19(24(21)27-23)28(5,6)7;1-5-10(6-2)12(14)9-13(15)11(7-3)8-4;/h8,10-13H,1-7H3;9-11,14H,5-8H2,1-4H3;/q-1;;/b;12-9-;. The molecule has 1 aliphatic carbocycles. The zero-order valence-corrected chi connectivity index (χ0v) is 31.9. The molecule has 4 nitrogen and oxygen atoms in total. The second-order valence-electron chi connectivity index (χ2n) is 13.8. The second kappa shape index (κ2) is 13.8. The normalized spacial score (nSPS) is 14.0. The maximum Gasteiger partial charge on any atom is 0.162 e. The minimum Gasteiger partial charge on any atom is -0.512 e. The molecule has 0 fully saturated rings. The number of hydrogen-bond donors (Lipinski definition) is 1. The second-order valence-corrected chi connectivity index (χ2v) is 18.8.